The van der Waals surface area contributed by atoms with Gasteiger partial charge in [-0.25, -0.2) is 4.98 Å². The molecular weight excluding hydrogens is 276 g/mol. The van der Waals surface area contributed by atoms with Gasteiger partial charge in [0, 0.05) is 24.2 Å². The number of carbonyl (C=O) groups is 1. The minimum Gasteiger partial charge on any atom is -0.474 e. The van der Waals surface area contributed by atoms with E-state index in [1.165, 1.54) is 0 Å². The number of rotatable bonds is 4. The minimum absolute atomic E-state index is 0.174. The molecule has 1 heterocycles. The zero-order chi connectivity index (χ0) is 15.2. The summed E-state index contributed by atoms with van der Waals surface area (Å²) in [6.07, 6.45) is 13.1. The molecule has 1 aromatic heterocycles. The van der Waals surface area contributed by atoms with E-state index in [1.54, 1.807) is 6.20 Å². The fourth-order valence-corrected chi connectivity index (χ4v) is 3.26. The fraction of sp³-hybridized carbons (Fsp3) is 0.556. The number of amides is 1. The lowest BCUT2D eigenvalue weighted by Crippen LogP contribution is -2.42. The van der Waals surface area contributed by atoms with Crippen molar-refractivity contribution in [2.24, 2.45) is 5.92 Å². The van der Waals surface area contributed by atoms with Crippen LogP contribution in [0.2, 0.25) is 0 Å². The van der Waals surface area contributed by atoms with Gasteiger partial charge in [-0.3, -0.25) is 4.79 Å². The molecule has 0 aliphatic heterocycles. The second-order valence-electron chi connectivity index (χ2n) is 6.25. The highest BCUT2D eigenvalue weighted by Crippen LogP contribution is 2.24. The number of hydrogen-bond acceptors (Lipinski definition) is 3. The quantitative estimate of drug-likeness (QED) is 0.868. The van der Waals surface area contributed by atoms with Gasteiger partial charge in [-0.1, -0.05) is 18.2 Å². The molecule has 1 aromatic rings. The van der Waals surface area contributed by atoms with Gasteiger partial charge >= 0.3 is 0 Å². The van der Waals surface area contributed by atoms with Crippen LogP contribution in [0.15, 0.2) is 36.5 Å². The van der Waals surface area contributed by atoms with Crippen LogP contribution in [0, 0.1) is 5.92 Å². The average molecular weight is 300 g/mol. The summed E-state index contributed by atoms with van der Waals surface area (Å²) in [6.45, 7) is 0. The number of aromatic nitrogens is 1. The topological polar surface area (TPSA) is 51.2 Å². The molecule has 0 saturated heterocycles. The van der Waals surface area contributed by atoms with E-state index in [0.29, 0.717) is 11.9 Å². The van der Waals surface area contributed by atoms with Gasteiger partial charge in [0.1, 0.15) is 6.10 Å². The van der Waals surface area contributed by atoms with Crippen LogP contribution in [0.4, 0.5) is 0 Å². The number of nitrogens with one attached hydrogen (secondary N) is 1. The summed E-state index contributed by atoms with van der Waals surface area (Å²) in [5, 5.41) is 3.23. The molecule has 1 fully saturated rings. The summed E-state index contributed by atoms with van der Waals surface area (Å²) in [6, 6.07) is 6.03. The second kappa shape index (κ2) is 7.43. The minimum atomic E-state index is 0.174. The van der Waals surface area contributed by atoms with E-state index in [0.717, 1.165) is 44.9 Å². The van der Waals surface area contributed by atoms with Crippen molar-refractivity contribution in [3.63, 3.8) is 0 Å². The lowest BCUT2D eigenvalue weighted by atomic mass is 9.90. The SMILES string of the molecule is O=C(NC1CCC(Oc2ccccn2)CC1)C1CC=CCC1. The van der Waals surface area contributed by atoms with Crippen molar-refractivity contribution in [3.8, 4) is 5.88 Å². The van der Waals surface area contributed by atoms with Crippen molar-refractivity contribution < 1.29 is 9.53 Å². The number of ether oxygens (including phenoxy) is 1. The number of hydrogen-bond donors (Lipinski definition) is 1. The first-order valence-electron chi connectivity index (χ1n) is 8.34. The third kappa shape index (κ3) is 4.09. The molecule has 1 atom stereocenters. The van der Waals surface area contributed by atoms with Crippen molar-refractivity contribution in [3.05, 3.63) is 36.5 Å². The third-order valence-electron chi connectivity index (χ3n) is 4.59. The predicted molar refractivity (Wildman–Crippen MR) is 85.5 cm³/mol. The normalized spacial score (nSPS) is 28.1. The highest BCUT2D eigenvalue weighted by Gasteiger charge is 2.26. The van der Waals surface area contributed by atoms with Gasteiger partial charge in [-0.05, 0) is 51.0 Å². The Hall–Kier alpha value is -1.84. The highest BCUT2D eigenvalue weighted by molar-refractivity contribution is 5.79. The van der Waals surface area contributed by atoms with Crippen molar-refractivity contribution in [2.45, 2.75) is 57.1 Å². The molecule has 118 valence electrons. The number of pyridine rings is 1. The zero-order valence-electron chi connectivity index (χ0n) is 12.9. The summed E-state index contributed by atoms with van der Waals surface area (Å²) in [7, 11) is 0. The van der Waals surface area contributed by atoms with E-state index in [-0.39, 0.29) is 17.9 Å². The molecular formula is C18H24N2O2. The lowest BCUT2D eigenvalue weighted by Gasteiger charge is -2.30. The monoisotopic (exact) mass is 300 g/mol. The maximum absolute atomic E-state index is 12.3. The lowest BCUT2D eigenvalue weighted by molar-refractivity contribution is -0.126. The van der Waals surface area contributed by atoms with Gasteiger partial charge < -0.3 is 10.1 Å². The first-order chi connectivity index (χ1) is 10.8. The molecule has 2 aliphatic rings. The van der Waals surface area contributed by atoms with Gasteiger partial charge in [-0.2, -0.15) is 0 Å². The molecule has 0 bridgehead atoms. The summed E-state index contributed by atoms with van der Waals surface area (Å²) < 4.78 is 5.89. The van der Waals surface area contributed by atoms with Crippen LogP contribution in [-0.4, -0.2) is 23.0 Å². The van der Waals surface area contributed by atoms with Crippen molar-refractivity contribution >= 4 is 5.91 Å². The predicted octanol–water partition coefficient (Wildman–Crippen LogP) is 3.24. The first kappa shape index (κ1) is 15.1. The molecule has 1 N–H and O–H groups in total. The highest BCUT2D eigenvalue weighted by atomic mass is 16.5. The summed E-state index contributed by atoms with van der Waals surface area (Å²) in [5.41, 5.74) is 0. The third-order valence-corrected chi connectivity index (χ3v) is 4.59. The van der Waals surface area contributed by atoms with Crippen LogP contribution >= 0.6 is 0 Å². The second-order valence-corrected chi connectivity index (χ2v) is 6.25. The molecule has 4 nitrogen and oxygen atoms in total. The van der Waals surface area contributed by atoms with Gasteiger partial charge in [0.2, 0.25) is 11.8 Å². The summed E-state index contributed by atoms with van der Waals surface area (Å²) >= 11 is 0. The Morgan fingerprint density at radius 3 is 2.68 bits per heavy atom. The standard InChI is InChI=1S/C18H24N2O2/c21-18(14-6-2-1-3-7-14)20-15-9-11-16(12-10-15)22-17-8-4-5-13-19-17/h1-2,4-5,8,13-16H,3,6-7,9-12H2,(H,20,21). The molecule has 1 saturated carbocycles. The van der Waals surface area contributed by atoms with Crippen LogP contribution in [0.3, 0.4) is 0 Å². The van der Waals surface area contributed by atoms with E-state index in [1.807, 2.05) is 18.2 Å². The number of carbonyl (C=O) groups excluding carboxylic acids is 1. The zero-order valence-corrected chi connectivity index (χ0v) is 12.9. The molecule has 1 unspecified atom stereocenters. The van der Waals surface area contributed by atoms with Crippen LogP contribution < -0.4 is 10.1 Å². The van der Waals surface area contributed by atoms with Gasteiger partial charge in [0.05, 0.1) is 0 Å². The number of nitrogens with zero attached hydrogens (tertiary/aromatic N) is 1. The molecule has 0 aromatic carbocycles. The van der Waals surface area contributed by atoms with Gasteiger partial charge in [-0.15, -0.1) is 0 Å². The van der Waals surface area contributed by atoms with E-state index in [2.05, 4.69) is 22.5 Å². The van der Waals surface area contributed by atoms with Crippen LogP contribution in [0.5, 0.6) is 5.88 Å². The van der Waals surface area contributed by atoms with Crippen LogP contribution in [0.1, 0.15) is 44.9 Å². The van der Waals surface area contributed by atoms with E-state index in [9.17, 15) is 4.79 Å². The molecule has 3 rings (SSSR count). The van der Waals surface area contributed by atoms with Gasteiger partial charge in [0.25, 0.3) is 0 Å². The van der Waals surface area contributed by atoms with Crippen molar-refractivity contribution in [1.82, 2.24) is 10.3 Å². The Bertz CT molecular complexity index is 507. The average Bonchev–Trinajstić information content (AvgIpc) is 2.58. The van der Waals surface area contributed by atoms with E-state index < -0.39 is 0 Å². The van der Waals surface area contributed by atoms with Gasteiger partial charge in [0.15, 0.2) is 0 Å². The molecule has 4 heteroatoms. The first-order valence-corrected chi connectivity index (χ1v) is 8.34. The summed E-state index contributed by atoms with van der Waals surface area (Å²) in [5.74, 6) is 1.11. The molecule has 2 aliphatic carbocycles. The Kier molecular flexibility index (Phi) is 5.09. The Morgan fingerprint density at radius 1 is 1.14 bits per heavy atom. The molecule has 1 amide bonds. The van der Waals surface area contributed by atoms with Crippen molar-refractivity contribution in [2.75, 3.05) is 0 Å². The maximum Gasteiger partial charge on any atom is 0.223 e. The Balaban J connectivity index is 1.42. The maximum atomic E-state index is 12.3. The smallest absolute Gasteiger partial charge is 0.223 e. The van der Waals surface area contributed by atoms with Crippen LogP contribution in [-0.2, 0) is 4.79 Å². The molecule has 22 heavy (non-hydrogen) atoms. The van der Waals surface area contributed by atoms with Crippen LogP contribution in [0.25, 0.3) is 0 Å². The summed E-state index contributed by atoms with van der Waals surface area (Å²) in [4.78, 5) is 16.5. The number of allylic oxidation sites excluding steroid dienone is 2. The van der Waals surface area contributed by atoms with Crippen molar-refractivity contribution in [1.29, 1.82) is 0 Å². The van der Waals surface area contributed by atoms with E-state index >= 15 is 0 Å². The fourth-order valence-electron chi connectivity index (χ4n) is 3.26. The Morgan fingerprint density at radius 2 is 2.00 bits per heavy atom. The molecule has 0 radical (unpaired) electrons. The largest absolute Gasteiger partial charge is 0.474 e. The van der Waals surface area contributed by atoms with E-state index in [4.69, 9.17) is 4.74 Å². The Labute approximate surface area is 132 Å². The molecule has 0 spiro atoms.